The predicted molar refractivity (Wildman–Crippen MR) is 123 cm³/mol. The highest BCUT2D eigenvalue weighted by molar-refractivity contribution is 6.29. The number of pyridine rings is 1. The van der Waals surface area contributed by atoms with Gasteiger partial charge in [-0.05, 0) is 44.0 Å². The van der Waals surface area contributed by atoms with E-state index in [1.165, 1.54) is 0 Å². The number of carboxylic acid groups (broad SMARTS) is 1. The highest BCUT2D eigenvalue weighted by Crippen LogP contribution is 2.39. The van der Waals surface area contributed by atoms with Crippen LogP contribution in [0.4, 0.5) is 11.5 Å². The summed E-state index contributed by atoms with van der Waals surface area (Å²) in [7, 11) is 0. The molecule has 0 amide bonds. The third kappa shape index (κ3) is 3.92. The minimum atomic E-state index is -1.17. The Kier molecular flexibility index (Phi) is 5.27. The van der Waals surface area contributed by atoms with Crippen molar-refractivity contribution in [2.24, 2.45) is 0 Å². The van der Waals surface area contributed by atoms with Crippen molar-refractivity contribution in [3.8, 4) is 6.07 Å². The fourth-order valence-corrected chi connectivity index (χ4v) is 4.50. The Labute approximate surface area is 195 Å². The SMILES string of the molecule is Cc1cc([C@@H](C)Nc2ccc(Cl)nc2C(=O)O)c2nc(N3CCO[C@@H]4C[C@@H]43)c(C#N)nc2c1. The van der Waals surface area contributed by atoms with E-state index in [1.54, 1.807) is 12.1 Å². The molecule has 0 bridgehead atoms. The maximum absolute atomic E-state index is 11.7. The van der Waals surface area contributed by atoms with Crippen LogP contribution in [0.15, 0.2) is 24.3 Å². The van der Waals surface area contributed by atoms with E-state index in [-0.39, 0.29) is 29.0 Å². The molecule has 1 aromatic carbocycles. The number of fused-ring (bicyclic) bond motifs is 2. The Morgan fingerprint density at radius 1 is 1.36 bits per heavy atom. The molecule has 5 rings (SSSR count). The van der Waals surface area contributed by atoms with E-state index in [2.05, 4.69) is 26.3 Å². The number of aromatic nitrogens is 3. The van der Waals surface area contributed by atoms with Gasteiger partial charge in [0.15, 0.2) is 17.2 Å². The molecule has 2 N–H and O–H groups in total. The van der Waals surface area contributed by atoms with E-state index in [0.29, 0.717) is 41.4 Å². The molecular weight excluding hydrogens is 444 g/mol. The predicted octanol–water partition coefficient (Wildman–Crippen LogP) is 3.71. The van der Waals surface area contributed by atoms with Crippen LogP contribution >= 0.6 is 11.6 Å². The number of hydrogen-bond donors (Lipinski definition) is 2. The maximum Gasteiger partial charge on any atom is 0.356 e. The van der Waals surface area contributed by atoms with Gasteiger partial charge in [-0.25, -0.2) is 19.7 Å². The van der Waals surface area contributed by atoms with Gasteiger partial charge >= 0.3 is 5.97 Å². The van der Waals surface area contributed by atoms with Gasteiger partial charge in [-0.2, -0.15) is 5.26 Å². The lowest BCUT2D eigenvalue weighted by Gasteiger charge is -2.28. The van der Waals surface area contributed by atoms with Crippen molar-refractivity contribution in [1.82, 2.24) is 15.0 Å². The molecule has 2 aromatic heterocycles. The summed E-state index contributed by atoms with van der Waals surface area (Å²) in [5.41, 5.74) is 3.57. The molecule has 1 saturated heterocycles. The molecule has 168 valence electrons. The second-order valence-electron chi connectivity index (χ2n) is 8.34. The van der Waals surface area contributed by atoms with Crippen LogP contribution < -0.4 is 10.2 Å². The molecule has 0 unspecified atom stereocenters. The Morgan fingerprint density at radius 2 is 2.18 bits per heavy atom. The first kappa shape index (κ1) is 21.4. The van der Waals surface area contributed by atoms with E-state index in [9.17, 15) is 15.2 Å². The van der Waals surface area contributed by atoms with Crippen molar-refractivity contribution in [3.63, 3.8) is 0 Å². The van der Waals surface area contributed by atoms with Gasteiger partial charge in [0.25, 0.3) is 0 Å². The zero-order chi connectivity index (χ0) is 23.3. The summed E-state index contributed by atoms with van der Waals surface area (Å²) in [6.07, 6.45) is 1.11. The smallest absolute Gasteiger partial charge is 0.356 e. The number of carboxylic acids is 1. The van der Waals surface area contributed by atoms with E-state index < -0.39 is 5.97 Å². The molecule has 33 heavy (non-hydrogen) atoms. The normalized spacial score (nSPS) is 20.1. The maximum atomic E-state index is 11.7. The third-order valence-electron chi connectivity index (χ3n) is 5.97. The van der Waals surface area contributed by atoms with Crippen LogP contribution in [0.5, 0.6) is 0 Å². The number of benzene rings is 1. The fraction of sp³-hybridized carbons (Fsp3) is 0.348. The van der Waals surface area contributed by atoms with E-state index in [1.807, 2.05) is 26.0 Å². The first-order valence-corrected chi connectivity index (χ1v) is 11.0. The highest BCUT2D eigenvalue weighted by Gasteiger charge is 2.47. The Bertz CT molecular complexity index is 1320. The number of rotatable bonds is 5. The van der Waals surface area contributed by atoms with Gasteiger partial charge in [0, 0.05) is 12.1 Å². The zero-order valence-corrected chi connectivity index (χ0v) is 18.8. The van der Waals surface area contributed by atoms with Gasteiger partial charge in [0.2, 0.25) is 0 Å². The Hall–Kier alpha value is -3.48. The molecule has 2 aliphatic rings. The van der Waals surface area contributed by atoms with Crippen molar-refractivity contribution in [3.05, 3.63) is 51.9 Å². The first-order chi connectivity index (χ1) is 15.9. The number of nitriles is 1. The molecule has 3 heterocycles. The van der Waals surface area contributed by atoms with Crippen LogP contribution in [0.2, 0.25) is 5.15 Å². The Balaban J connectivity index is 1.59. The minimum Gasteiger partial charge on any atom is -0.476 e. The van der Waals surface area contributed by atoms with Gasteiger partial charge in [-0.15, -0.1) is 0 Å². The van der Waals surface area contributed by atoms with Crippen LogP contribution in [0.3, 0.4) is 0 Å². The number of ether oxygens (including phenoxy) is 1. The molecular formula is C23H21ClN6O3. The summed E-state index contributed by atoms with van der Waals surface area (Å²) in [6, 6.07) is 9.13. The van der Waals surface area contributed by atoms with Crippen molar-refractivity contribution in [2.75, 3.05) is 23.4 Å². The van der Waals surface area contributed by atoms with Crippen molar-refractivity contribution >= 4 is 40.1 Å². The molecule has 3 atom stereocenters. The van der Waals surface area contributed by atoms with Gasteiger partial charge in [-0.3, -0.25) is 0 Å². The third-order valence-corrected chi connectivity index (χ3v) is 6.18. The van der Waals surface area contributed by atoms with E-state index >= 15 is 0 Å². The molecule has 10 heteroatoms. The van der Waals surface area contributed by atoms with Crippen LogP contribution in [0.1, 0.15) is 46.7 Å². The van der Waals surface area contributed by atoms with Crippen molar-refractivity contribution < 1.29 is 14.6 Å². The summed E-state index contributed by atoms with van der Waals surface area (Å²) < 4.78 is 5.70. The summed E-state index contributed by atoms with van der Waals surface area (Å²) in [5, 5.41) is 22.6. The molecule has 1 saturated carbocycles. The number of aromatic carboxylic acids is 1. The number of anilines is 2. The van der Waals surface area contributed by atoms with Crippen molar-refractivity contribution in [2.45, 2.75) is 38.5 Å². The number of halogens is 1. The average molecular weight is 465 g/mol. The minimum absolute atomic E-state index is 0.107. The van der Waals surface area contributed by atoms with Gasteiger partial charge < -0.3 is 20.1 Å². The quantitative estimate of drug-likeness (QED) is 0.543. The summed E-state index contributed by atoms with van der Waals surface area (Å²) in [4.78, 5) is 27.2. The highest BCUT2D eigenvalue weighted by atomic mass is 35.5. The topological polar surface area (TPSA) is 124 Å². The number of carbonyl (C=O) groups is 1. The lowest BCUT2D eigenvalue weighted by molar-refractivity contribution is 0.0691. The van der Waals surface area contributed by atoms with Crippen LogP contribution in [-0.2, 0) is 4.74 Å². The second-order valence-corrected chi connectivity index (χ2v) is 8.72. The molecule has 0 radical (unpaired) electrons. The zero-order valence-electron chi connectivity index (χ0n) is 18.0. The van der Waals surface area contributed by atoms with Gasteiger partial charge in [0.05, 0.1) is 41.5 Å². The number of hydrogen-bond acceptors (Lipinski definition) is 8. The number of nitrogens with zero attached hydrogens (tertiary/aromatic N) is 5. The standard InChI is InChI=1S/C23H21ClN6O3/c1-11-7-13(12(2)26-14-3-4-19(24)28-21(14)23(31)32)20-15(8-11)27-16(10-25)22(29-20)30-5-6-33-18-9-17(18)30/h3-4,7-8,12,17-18,26H,5-6,9H2,1-2H3,(H,31,32)/t12-,17+,18-/m1/s1. The van der Waals surface area contributed by atoms with Gasteiger partial charge in [-0.1, -0.05) is 17.7 Å². The molecule has 3 aromatic rings. The monoisotopic (exact) mass is 464 g/mol. The molecule has 2 fully saturated rings. The molecule has 1 aliphatic heterocycles. The van der Waals surface area contributed by atoms with Crippen molar-refractivity contribution in [1.29, 1.82) is 5.26 Å². The summed E-state index contributed by atoms with van der Waals surface area (Å²) in [5.74, 6) is -0.606. The number of aryl methyl sites for hydroxylation is 1. The second kappa shape index (κ2) is 8.14. The number of morpholine rings is 1. The average Bonchev–Trinajstić information content (AvgIpc) is 3.58. The van der Waals surface area contributed by atoms with Crippen LogP contribution in [-0.4, -0.2) is 51.3 Å². The summed E-state index contributed by atoms with van der Waals surface area (Å²) in [6.45, 7) is 5.11. The van der Waals surface area contributed by atoms with Crippen LogP contribution in [0.25, 0.3) is 11.0 Å². The van der Waals surface area contributed by atoms with E-state index in [4.69, 9.17) is 21.3 Å². The molecule has 1 aliphatic carbocycles. The lowest BCUT2D eigenvalue weighted by atomic mass is 10.0. The fourth-order valence-electron chi connectivity index (χ4n) is 4.35. The number of nitrogens with one attached hydrogen (secondary N) is 1. The molecule has 0 spiro atoms. The van der Waals surface area contributed by atoms with E-state index in [0.717, 1.165) is 17.5 Å². The largest absolute Gasteiger partial charge is 0.476 e. The summed E-state index contributed by atoms with van der Waals surface area (Å²) >= 11 is 5.89. The van der Waals surface area contributed by atoms with Gasteiger partial charge in [0.1, 0.15) is 11.2 Å². The lowest BCUT2D eigenvalue weighted by Crippen LogP contribution is -2.38. The first-order valence-electron chi connectivity index (χ1n) is 10.6. The molecule has 9 nitrogen and oxygen atoms in total. The Morgan fingerprint density at radius 3 is 2.94 bits per heavy atom. The van der Waals surface area contributed by atoms with Crippen LogP contribution in [0, 0.1) is 18.3 Å².